The topological polar surface area (TPSA) is 21.3 Å². The minimum absolute atomic E-state index is 0.615. The summed E-state index contributed by atoms with van der Waals surface area (Å²) in [5.41, 5.74) is 6.27. The number of hydrogen-bond donors (Lipinski definition) is 1. The molecule has 0 unspecified atom stereocenters. The number of hydrogen-bond acceptors (Lipinski definition) is 2. The number of rotatable bonds is 6. The highest BCUT2D eigenvalue weighted by atomic mass is 16.5. The molecule has 1 N–H and O–H groups in total. The lowest BCUT2D eigenvalue weighted by Crippen LogP contribution is -2.11. The van der Waals surface area contributed by atoms with Gasteiger partial charge < -0.3 is 10.1 Å². The summed E-state index contributed by atoms with van der Waals surface area (Å²) in [7, 11) is 0. The van der Waals surface area contributed by atoms with Crippen LogP contribution in [0, 0.1) is 20.8 Å². The molecule has 0 fully saturated rings. The first-order chi connectivity index (χ1) is 10.1. The highest BCUT2D eigenvalue weighted by molar-refractivity contribution is 5.42. The highest BCUT2D eigenvalue weighted by Gasteiger charge is 2.05. The average molecular weight is 283 g/mol. The maximum absolute atomic E-state index is 6.02. The monoisotopic (exact) mass is 283 g/mol. The molecule has 0 spiro atoms. The van der Waals surface area contributed by atoms with Crippen LogP contribution in [0.1, 0.15) is 34.7 Å². The van der Waals surface area contributed by atoms with Crippen LogP contribution in [0.5, 0.6) is 5.75 Å². The zero-order valence-electron chi connectivity index (χ0n) is 13.5. The van der Waals surface area contributed by atoms with Crippen molar-refractivity contribution in [1.29, 1.82) is 0 Å². The van der Waals surface area contributed by atoms with Crippen molar-refractivity contribution in [3.05, 3.63) is 64.2 Å². The Morgan fingerprint density at radius 1 is 1.00 bits per heavy atom. The first kappa shape index (κ1) is 15.6. The van der Waals surface area contributed by atoms with E-state index in [0.717, 1.165) is 18.8 Å². The van der Waals surface area contributed by atoms with Crippen LogP contribution in [0.15, 0.2) is 36.4 Å². The minimum Gasteiger partial charge on any atom is -0.489 e. The van der Waals surface area contributed by atoms with E-state index in [9.17, 15) is 0 Å². The van der Waals surface area contributed by atoms with Crippen LogP contribution in [0.25, 0.3) is 0 Å². The third-order valence-corrected chi connectivity index (χ3v) is 3.73. The Morgan fingerprint density at radius 2 is 1.76 bits per heavy atom. The summed E-state index contributed by atoms with van der Waals surface area (Å²) in [6.45, 7) is 11.0. The quantitative estimate of drug-likeness (QED) is 0.853. The van der Waals surface area contributed by atoms with E-state index < -0.39 is 0 Å². The summed E-state index contributed by atoms with van der Waals surface area (Å²) in [6.07, 6.45) is 0. The highest BCUT2D eigenvalue weighted by Crippen LogP contribution is 2.24. The molecule has 0 heterocycles. The smallest absolute Gasteiger partial charge is 0.123 e. The Bertz CT molecular complexity index is 605. The van der Waals surface area contributed by atoms with Crippen LogP contribution < -0.4 is 10.1 Å². The molecule has 0 aliphatic rings. The predicted octanol–water partition coefficient (Wildman–Crippen LogP) is 4.30. The molecule has 0 amide bonds. The maximum atomic E-state index is 6.02. The zero-order valence-corrected chi connectivity index (χ0v) is 13.5. The van der Waals surface area contributed by atoms with E-state index >= 15 is 0 Å². The average Bonchev–Trinajstić information content (AvgIpc) is 2.47. The van der Waals surface area contributed by atoms with Crippen molar-refractivity contribution >= 4 is 0 Å². The fourth-order valence-corrected chi connectivity index (χ4v) is 2.41. The molecule has 0 aliphatic heterocycles. The number of nitrogens with one attached hydrogen (secondary N) is 1. The first-order valence-corrected chi connectivity index (χ1v) is 7.59. The molecule has 2 heteroatoms. The summed E-state index contributed by atoms with van der Waals surface area (Å²) in [5, 5.41) is 3.35. The van der Waals surface area contributed by atoms with Gasteiger partial charge in [0, 0.05) is 6.54 Å². The molecular weight excluding hydrogens is 258 g/mol. The van der Waals surface area contributed by atoms with Gasteiger partial charge in [-0.3, -0.25) is 0 Å². The Morgan fingerprint density at radius 3 is 2.52 bits per heavy atom. The van der Waals surface area contributed by atoms with Crippen molar-refractivity contribution in [2.24, 2.45) is 0 Å². The van der Waals surface area contributed by atoms with Gasteiger partial charge in [0.05, 0.1) is 0 Å². The van der Waals surface area contributed by atoms with Crippen molar-refractivity contribution in [2.45, 2.75) is 40.8 Å². The van der Waals surface area contributed by atoms with Crippen molar-refractivity contribution < 1.29 is 4.74 Å². The van der Waals surface area contributed by atoms with E-state index in [0.29, 0.717) is 6.61 Å². The minimum atomic E-state index is 0.615. The molecule has 0 aliphatic carbocycles. The Kier molecular flexibility index (Phi) is 5.40. The Balaban J connectivity index is 2.06. The fraction of sp³-hybridized carbons (Fsp3) is 0.368. The fourth-order valence-electron chi connectivity index (χ4n) is 2.41. The van der Waals surface area contributed by atoms with Crippen LogP contribution in [0.3, 0.4) is 0 Å². The normalized spacial score (nSPS) is 10.7. The molecule has 2 aromatic carbocycles. The summed E-state index contributed by atoms with van der Waals surface area (Å²) >= 11 is 0. The second-order valence-electron chi connectivity index (χ2n) is 5.59. The molecule has 2 rings (SSSR count). The van der Waals surface area contributed by atoms with Crippen molar-refractivity contribution in [2.75, 3.05) is 6.54 Å². The SMILES string of the molecule is CCNCc1cccc(COc2cc(C)cc(C)c2C)c1. The van der Waals surface area contributed by atoms with Gasteiger partial charge in [-0.15, -0.1) is 0 Å². The molecule has 2 aromatic rings. The van der Waals surface area contributed by atoms with Crippen LogP contribution in [0.4, 0.5) is 0 Å². The molecule has 0 aromatic heterocycles. The van der Waals surface area contributed by atoms with Crippen LogP contribution in [-0.2, 0) is 13.2 Å². The molecule has 0 saturated heterocycles. The zero-order chi connectivity index (χ0) is 15.2. The van der Waals surface area contributed by atoms with Gasteiger partial charge >= 0.3 is 0 Å². The van der Waals surface area contributed by atoms with Gasteiger partial charge in [-0.25, -0.2) is 0 Å². The van der Waals surface area contributed by atoms with Crippen LogP contribution in [-0.4, -0.2) is 6.54 Å². The molecule has 0 radical (unpaired) electrons. The summed E-state index contributed by atoms with van der Waals surface area (Å²) < 4.78 is 6.02. The number of benzene rings is 2. The third kappa shape index (κ3) is 4.33. The maximum Gasteiger partial charge on any atom is 0.123 e. The second kappa shape index (κ2) is 7.28. The Hall–Kier alpha value is -1.80. The van der Waals surface area contributed by atoms with Gasteiger partial charge in [0.1, 0.15) is 12.4 Å². The third-order valence-electron chi connectivity index (χ3n) is 3.73. The lowest BCUT2D eigenvalue weighted by molar-refractivity contribution is 0.303. The Labute approximate surface area is 128 Å². The number of aryl methyl sites for hydroxylation is 2. The van der Waals surface area contributed by atoms with Gasteiger partial charge in [0.2, 0.25) is 0 Å². The molecule has 0 bridgehead atoms. The molecule has 2 nitrogen and oxygen atoms in total. The van der Waals surface area contributed by atoms with Gasteiger partial charge in [0.25, 0.3) is 0 Å². The molecule has 112 valence electrons. The van der Waals surface area contributed by atoms with Gasteiger partial charge in [-0.1, -0.05) is 37.3 Å². The van der Waals surface area contributed by atoms with Gasteiger partial charge in [0.15, 0.2) is 0 Å². The van der Waals surface area contributed by atoms with Gasteiger partial charge in [-0.2, -0.15) is 0 Å². The predicted molar refractivity (Wildman–Crippen MR) is 88.8 cm³/mol. The first-order valence-electron chi connectivity index (χ1n) is 7.59. The lowest BCUT2D eigenvalue weighted by atomic mass is 10.1. The van der Waals surface area contributed by atoms with E-state index in [2.05, 4.69) is 69.4 Å². The van der Waals surface area contributed by atoms with Crippen LogP contribution >= 0.6 is 0 Å². The molecule has 0 saturated carbocycles. The van der Waals surface area contributed by atoms with Crippen molar-refractivity contribution in [1.82, 2.24) is 5.32 Å². The molecule has 0 atom stereocenters. The van der Waals surface area contributed by atoms with Crippen molar-refractivity contribution in [3.63, 3.8) is 0 Å². The van der Waals surface area contributed by atoms with Crippen molar-refractivity contribution in [3.8, 4) is 5.75 Å². The molecule has 21 heavy (non-hydrogen) atoms. The van der Waals surface area contributed by atoms with E-state index in [4.69, 9.17) is 4.74 Å². The van der Waals surface area contributed by atoms with E-state index in [1.54, 1.807) is 0 Å². The lowest BCUT2D eigenvalue weighted by Gasteiger charge is -2.13. The van der Waals surface area contributed by atoms with Crippen LogP contribution in [0.2, 0.25) is 0 Å². The van der Waals surface area contributed by atoms with E-state index in [-0.39, 0.29) is 0 Å². The summed E-state index contributed by atoms with van der Waals surface area (Å²) in [6, 6.07) is 12.9. The van der Waals surface area contributed by atoms with E-state index in [1.165, 1.54) is 27.8 Å². The second-order valence-corrected chi connectivity index (χ2v) is 5.59. The summed E-state index contributed by atoms with van der Waals surface area (Å²) in [4.78, 5) is 0. The van der Waals surface area contributed by atoms with E-state index in [1.807, 2.05) is 0 Å². The van der Waals surface area contributed by atoms with Gasteiger partial charge in [-0.05, 0) is 61.2 Å². The largest absolute Gasteiger partial charge is 0.489 e. The molecular formula is C19H25NO. The summed E-state index contributed by atoms with van der Waals surface area (Å²) in [5.74, 6) is 0.990. The number of ether oxygens (including phenoxy) is 1. The standard InChI is InChI=1S/C19H25NO/c1-5-20-12-17-7-6-8-18(11-17)13-21-19-10-14(2)9-15(3)16(19)4/h6-11,20H,5,12-13H2,1-4H3.